The molecule has 1 heterocycles. The highest BCUT2D eigenvalue weighted by atomic mass is 35.5. The van der Waals surface area contributed by atoms with E-state index in [0.29, 0.717) is 6.61 Å². The largest absolute Gasteiger partial charge is 0.493 e. The first-order valence-corrected chi connectivity index (χ1v) is 10.4. The molecule has 3 rings (SSSR count). The molecular weight excluding hydrogens is 392 g/mol. The molecule has 0 spiro atoms. The highest BCUT2D eigenvalue weighted by molar-refractivity contribution is 7.79. The van der Waals surface area contributed by atoms with Gasteiger partial charge in [0.25, 0.3) is 0 Å². The molecule has 0 bridgehead atoms. The number of piperazine rings is 1. The van der Waals surface area contributed by atoms with Gasteiger partial charge in [-0.15, -0.1) is 0 Å². The minimum atomic E-state index is 0.709. The molecule has 2 aromatic rings. The van der Waals surface area contributed by atoms with Crippen LogP contribution in [0.15, 0.2) is 42.5 Å². The molecule has 1 fully saturated rings. The van der Waals surface area contributed by atoms with Crippen LogP contribution in [0.25, 0.3) is 0 Å². The van der Waals surface area contributed by atoms with Gasteiger partial charge in [-0.2, -0.15) is 0 Å². The number of rotatable bonds is 9. The average molecular weight is 419 g/mol. The maximum atomic E-state index is 5.98. The van der Waals surface area contributed by atoms with Crippen LogP contribution in [-0.2, 0) is 0 Å². The fourth-order valence-electron chi connectivity index (χ4n) is 3.37. The molecule has 0 radical (unpaired) electrons. The van der Waals surface area contributed by atoms with E-state index in [1.54, 1.807) is 0 Å². The zero-order valence-corrected chi connectivity index (χ0v) is 17.7. The van der Waals surface area contributed by atoms with Gasteiger partial charge >= 0.3 is 0 Å². The first-order valence-electron chi connectivity index (χ1n) is 9.57. The van der Waals surface area contributed by atoms with Crippen molar-refractivity contribution in [2.45, 2.75) is 6.42 Å². The second-order valence-corrected chi connectivity index (χ2v) is 7.40. The Morgan fingerprint density at radius 1 is 1.07 bits per heavy atom. The molecule has 1 aliphatic heterocycles. The Bertz CT molecular complexity index is 764. The third-order valence-corrected chi connectivity index (χ3v) is 5.30. The summed E-state index contributed by atoms with van der Waals surface area (Å²) in [6.07, 6.45) is 1.01. The fraction of sp³-hybridized carbons (Fsp3) is 0.381. The third-order valence-electron chi connectivity index (χ3n) is 4.93. The smallest absolute Gasteiger partial charge is 0.121 e. The van der Waals surface area contributed by atoms with Crippen molar-refractivity contribution in [3.63, 3.8) is 0 Å². The average Bonchev–Trinajstić information content (AvgIpc) is 2.73. The zero-order chi connectivity index (χ0) is 19.8. The van der Waals surface area contributed by atoms with Crippen LogP contribution < -0.4 is 20.3 Å². The van der Waals surface area contributed by atoms with Crippen LogP contribution in [0.3, 0.4) is 0 Å². The second-order valence-electron chi connectivity index (χ2n) is 6.73. The summed E-state index contributed by atoms with van der Waals surface area (Å²) >= 11 is 10.8. The van der Waals surface area contributed by atoms with Gasteiger partial charge in [-0.25, -0.2) is 0 Å². The summed E-state index contributed by atoms with van der Waals surface area (Å²) < 4.78 is 5.92. The fourth-order valence-corrected chi connectivity index (χ4v) is 3.62. The molecule has 0 aromatic heterocycles. The van der Waals surface area contributed by atoms with Crippen LogP contribution in [0.4, 0.5) is 17.1 Å². The number of nitrogens with one attached hydrogen (secondary N) is 2. The predicted octanol–water partition coefficient (Wildman–Crippen LogP) is 4.34. The number of nitrogens with zero attached hydrogens (tertiary/aromatic N) is 2. The number of hydrogen-bond donors (Lipinski definition) is 2. The van der Waals surface area contributed by atoms with E-state index in [1.807, 2.05) is 37.4 Å². The van der Waals surface area contributed by atoms with Crippen LogP contribution in [0.5, 0.6) is 5.75 Å². The highest BCUT2D eigenvalue weighted by Gasteiger charge is 2.16. The molecule has 28 heavy (non-hydrogen) atoms. The molecule has 1 aliphatic rings. The lowest BCUT2D eigenvalue weighted by atomic mass is 10.2. The molecule has 0 aliphatic carbocycles. The van der Waals surface area contributed by atoms with Crippen molar-refractivity contribution >= 4 is 46.4 Å². The molecule has 2 N–H and O–H groups in total. The summed E-state index contributed by atoms with van der Waals surface area (Å²) in [5.41, 5.74) is 4.67. The third kappa shape index (κ3) is 5.74. The van der Waals surface area contributed by atoms with E-state index in [0.717, 1.165) is 61.3 Å². The van der Waals surface area contributed by atoms with E-state index in [2.05, 4.69) is 32.6 Å². The Morgan fingerprint density at radius 2 is 1.82 bits per heavy atom. The molecule has 0 amide bonds. The monoisotopic (exact) mass is 418 g/mol. The van der Waals surface area contributed by atoms with Gasteiger partial charge in [-0.3, -0.25) is 4.90 Å². The number of ether oxygens (including phenoxy) is 1. The lowest BCUT2D eigenvalue weighted by molar-refractivity contribution is 0.225. The molecule has 5 nitrogen and oxygen atoms in total. The normalized spacial score (nSPS) is 14.6. The summed E-state index contributed by atoms with van der Waals surface area (Å²) in [7, 11) is 1.89. The van der Waals surface area contributed by atoms with Gasteiger partial charge in [0, 0.05) is 56.5 Å². The van der Waals surface area contributed by atoms with Crippen molar-refractivity contribution in [3.05, 3.63) is 47.5 Å². The first-order chi connectivity index (χ1) is 13.7. The van der Waals surface area contributed by atoms with Gasteiger partial charge in [-0.1, -0.05) is 23.8 Å². The maximum absolute atomic E-state index is 5.98. The lowest BCUT2D eigenvalue weighted by Crippen LogP contribution is -2.46. The maximum Gasteiger partial charge on any atom is 0.121 e. The van der Waals surface area contributed by atoms with Crippen molar-refractivity contribution in [2.24, 2.45) is 0 Å². The van der Waals surface area contributed by atoms with E-state index in [-0.39, 0.29) is 0 Å². The first kappa shape index (κ1) is 20.7. The van der Waals surface area contributed by atoms with Gasteiger partial charge in [0.2, 0.25) is 0 Å². The SMILES string of the molecule is CNc1cc(OCCCN2CCN(c3ccc(Cl)cc3)CC2)ccc1NC=S. The van der Waals surface area contributed by atoms with Crippen LogP contribution in [-0.4, -0.2) is 56.8 Å². The van der Waals surface area contributed by atoms with E-state index in [9.17, 15) is 0 Å². The van der Waals surface area contributed by atoms with Gasteiger partial charge in [-0.05, 0) is 42.8 Å². The van der Waals surface area contributed by atoms with Crippen LogP contribution in [0.1, 0.15) is 6.42 Å². The van der Waals surface area contributed by atoms with Crippen molar-refractivity contribution < 1.29 is 4.74 Å². The Morgan fingerprint density at radius 3 is 2.50 bits per heavy atom. The number of hydrogen-bond acceptors (Lipinski definition) is 5. The Hall–Kier alpha value is -2.02. The lowest BCUT2D eigenvalue weighted by Gasteiger charge is -2.36. The number of anilines is 3. The summed E-state index contributed by atoms with van der Waals surface area (Å²) in [6.45, 7) is 6.00. The minimum Gasteiger partial charge on any atom is -0.493 e. The second kappa shape index (κ2) is 10.5. The van der Waals surface area contributed by atoms with Gasteiger partial charge in [0.15, 0.2) is 0 Å². The molecule has 0 atom stereocenters. The van der Waals surface area contributed by atoms with E-state index < -0.39 is 0 Å². The Balaban J connectivity index is 1.38. The predicted molar refractivity (Wildman–Crippen MR) is 123 cm³/mol. The highest BCUT2D eigenvalue weighted by Crippen LogP contribution is 2.26. The standard InChI is InChI=1S/C21H27ClN4OS/c1-23-21-15-19(7-8-20(21)24-16-28)27-14-2-9-25-10-12-26(13-11-25)18-5-3-17(22)4-6-18/h3-8,15-16,23H,2,9-14H2,1H3,(H,24,28). The van der Waals surface area contributed by atoms with Crippen molar-refractivity contribution in [3.8, 4) is 5.75 Å². The molecule has 0 saturated carbocycles. The Kier molecular flexibility index (Phi) is 7.77. The number of thiocarbonyl (C=S) groups is 1. The summed E-state index contributed by atoms with van der Waals surface area (Å²) in [5, 5.41) is 6.98. The van der Waals surface area contributed by atoms with Crippen molar-refractivity contribution in [1.82, 2.24) is 4.90 Å². The topological polar surface area (TPSA) is 39.8 Å². The van der Waals surface area contributed by atoms with Crippen molar-refractivity contribution in [1.29, 1.82) is 0 Å². The minimum absolute atomic E-state index is 0.709. The van der Waals surface area contributed by atoms with E-state index >= 15 is 0 Å². The quantitative estimate of drug-likeness (QED) is 0.466. The summed E-state index contributed by atoms with van der Waals surface area (Å²) in [4.78, 5) is 4.92. The van der Waals surface area contributed by atoms with E-state index in [1.165, 1.54) is 11.2 Å². The summed E-state index contributed by atoms with van der Waals surface area (Å²) in [6, 6.07) is 14.0. The molecule has 150 valence electrons. The summed E-state index contributed by atoms with van der Waals surface area (Å²) in [5.74, 6) is 0.867. The van der Waals surface area contributed by atoms with Gasteiger partial charge in [0.1, 0.15) is 5.75 Å². The van der Waals surface area contributed by atoms with Crippen LogP contribution in [0, 0.1) is 0 Å². The molecule has 0 unspecified atom stereocenters. The van der Waals surface area contributed by atoms with Gasteiger partial charge in [0.05, 0.1) is 23.5 Å². The zero-order valence-electron chi connectivity index (χ0n) is 16.2. The Labute approximate surface area is 177 Å². The molecule has 7 heteroatoms. The van der Waals surface area contributed by atoms with Gasteiger partial charge < -0.3 is 20.3 Å². The number of benzene rings is 2. The molecular formula is C21H27ClN4OS. The molecule has 1 saturated heterocycles. The van der Waals surface area contributed by atoms with E-state index in [4.69, 9.17) is 28.6 Å². The number of halogens is 1. The van der Waals surface area contributed by atoms with Crippen molar-refractivity contribution in [2.75, 3.05) is 61.9 Å². The molecule has 2 aromatic carbocycles. The van der Waals surface area contributed by atoms with Crippen LogP contribution in [0.2, 0.25) is 5.02 Å². The van der Waals surface area contributed by atoms with Crippen LogP contribution >= 0.6 is 23.8 Å².